The van der Waals surface area contributed by atoms with Crippen LogP contribution in [0.4, 0.5) is 0 Å². The number of β-amino-alcohol motifs (C(OH)–C–C–N with tert-alkyl or cyclic N) is 1. The third-order valence-electron chi connectivity index (χ3n) is 19.3. The van der Waals surface area contributed by atoms with Gasteiger partial charge in [0.25, 0.3) is 0 Å². The maximum Gasteiger partial charge on any atom is 0.308 e. The van der Waals surface area contributed by atoms with Crippen molar-refractivity contribution in [3.8, 4) is 5.75 Å². The molecule has 0 aromatic heterocycles. The highest BCUT2D eigenvalue weighted by atomic mass is 16.5. The summed E-state index contributed by atoms with van der Waals surface area (Å²) >= 11 is 0. The maximum absolute atomic E-state index is 14.8. The van der Waals surface area contributed by atoms with E-state index in [0.29, 0.717) is 42.7 Å². The molecule has 2 fully saturated rings. The van der Waals surface area contributed by atoms with Gasteiger partial charge in [0.15, 0.2) is 0 Å². The van der Waals surface area contributed by atoms with E-state index in [4.69, 9.17) is 16.2 Å². The number of aromatic hydroxyl groups is 1. The Balaban J connectivity index is 1.82. The van der Waals surface area contributed by atoms with Crippen LogP contribution in [0.25, 0.3) is 0 Å². The van der Waals surface area contributed by atoms with E-state index in [9.17, 15) is 113 Å². The molecule has 19 atom stereocenters. The van der Waals surface area contributed by atoms with Gasteiger partial charge in [0.2, 0.25) is 82.7 Å². The van der Waals surface area contributed by atoms with Crippen molar-refractivity contribution in [3.63, 3.8) is 0 Å². The Labute approximate surface area is 652 Å². The van der Waals surface area contributed by atoms with Crippen LogP contribution in [0, 0.1) is 11.8 Å². The van der Waals surface area contributed by atoms with Crippen LogP contribution >= 0.6 is 0 Å². The van der Waals surface area contributed by atoms with E-state index in [-0.39, 0.29) is 30.9 Å². The fraction of sp³-hybridized carbons (Fsp3) is 0.716. The molecule has 0 spiro atoms. The molecule has 38 heteroatoms. The molecule has 1 aromatic rings. The van der Waals surface area contributed by atoms with Crippen molar-refractivity contribution in [2.45, 2.75) is 300 Å². The van der Waals surface area contributed by atoms with Gasteiger partial charge < -0.3 is 120 Å². The number of aliphatic hydroxyl groups excluding tert-OH is 7. The lowest BCUT2D eigenvalue weighted by atomic mass is 9.99. The quantitative estimate of drug-likeness (QED) is 0.0215. The number of nitrogens with one attached hydrogen (secondary N) is 10. The van der Waals surface area contributed by atoms with Gasteiger partial charge in [-0.05, 0) is 90.3 Å². The Bertz CT molecular complexity index is 3310. The molecular weight excluding hydrogens is 1470 g/mol. The number of rotatable bonds is 50. The minimum Gasteiger partial charge on any atom is -0.508 e. The number of primary amides is 2. The van der Waals surface area contributed by atoms with Gasteiger partial charge in [-0.2, -0.15) is 0 Å². The Hall–Kier alpha value is -9.21. The van der Waals surface area contributed by atoms with Gasteiger partial charge in [0.1, 0.15) is 72.3 Å². The third kappa shape index (κ3) is 32.9. The molecule has 14 amide bonds. The first-order valence-corrected chi connectivity index (χ1v) is 38.5. The number of ether oxygens (including phenoxy) is 1. The number of unbranched alkanes of at least 4 members (excludes halogenated alkanes) is 10. The molecular formula is C74H122N14O24. The van der Waals surface area contributed by atoms with Crippen molar-refractivity contribution < 1.29 is 118 Å². The monoisotopic (exact) mass is 1590 g/mol. The first-order valence-electron chi connectivity index (χ1n) is 38.5. The molecule has 38 nitrogen and oxygen atoms in total. The minimum absolute atomic E-state index is 0.149. The predicted molar refractivity (Wildman–Crippen MR) is 401 cm³/mol. The summed E-state index contributed by atoms with van der Waals surface area (Å²) < 4.78 is 5.88. The Morgan fingerprint density at radius 2 is 1.06 bits per heavy atom. The number of amides is 14. The number of likely N-dealkylation sites (tertiary alicyclic amines) is 2. The topological polar surface area (TPSA) is 606 Å². The zero-order valence-electron chi connectivity index (χ0n) is 65.8. The van der Waals surface area contributed by atoms with Gasteiger partial charge in [-0.25, -0.2) is 0 Å². The second-order valence-electron chi connectivity index (χ2n) is 29.6. The van der Waals surface area contributed by atoms with Crippen LogP contribution in [0.15, 0.2) is 24.3 Å². The summed E-state index contributed by atoms with van der Waals surface area (Å²) in [7, 11) is 0. The summed E-state index contributed by atoms with van der Waals surface area (Å²) in [5.41, 5.74) is 10.8. The number of aliphatic hydroxyl groups is 7. The third-order valence-corrected chi connectivity index (χ3v) is 19.3. The zero-order chi connectivity index (χ0) is 84.4. The summed E-state index contributed by atoms with van der Waals surface area (Å²) in [6, 6.07) is -12.2. The van der Waals surface area contributed by atoms with Gasteiger partial charge in [-0.1, -0.05) is 104 Å². The molecule has 2 saturated heterocycles. The summed E-state index contributed by atoms with van der Waals surface area (Å²) in [4.78, 5) is 204. The average molecular weight is 1590 g/mol. The zero-order valence-corrected chi connectivity index (χ0v) is 65.8. The summed E-state index contributed by atoms with van der Waals surface area (Å²) in [6.45, 7) is 12.4. The highest BCUT2D eigenvalue weighted by Gasteiger charge is 2.48. The minimum atomic E-state index is -2.14. The lowest BCUT2D eigenvalue weighted by Crippen LogP contribution is -2.64. The van der Waals surface area contributed by atoms with Gasteiger partial charge in [-0.15, -0.1) is 0 Å². The highest BCUT2D eigenvalue weighted by Crippen LogP contribution is 2.25. The van der Waals surface area contributed by atoms with Crippen molar-refractivity contribution in [2.75, 3.05) is 26.2 Å². The van der Waals surface area contributed by atoms with Crippen LogP contribution in [0.5, 0.6) is 5.75 Å². The normalized spacial score (nSPS) is 19.4. The molecule has 632 valence electrons. The summed E-state index contributed by atoms with van der Waals surface area (Å²) in [5, 5.41) is 109. The van der Waals surface area contributed by atoms with E-state index in [2.05, 4.69) is 60.1 Å². The van der Waals surface area contributed by atoms with Crippen LogP contribution in [0.3, 0.4) is 0 Å². The standard InChI is InChI=1S/C74H122N14O24/c1-11-12-13-14-15-16-17-18-19-20-21-24-49(112-74(111)39(4)23-22-30-77-45(10)93)34-55(99)81-59(42(7)90)69(106)79-40(5)65(102)80-50(32-46-25-27-47(94)28-26-46)66(103)83-57(38(2)3)72(109)88-37-48(95)33-51(88)67(104)84-60(43(8)91)70(107)85-61(44(9)92)73(110)87-31-29-52(96)63(87)71(108)86-62(53(97)35-54(75)98)68(105)78-36-56(100)82-58(41(6)89)64(76)101/h25-28,38-44,48-53,57-63,89-92,94-97H,11-24,29-37H2,1-10H3,(H2,75,98)(H2,76,101)(H,77,93)(H,78,105)(H,79,106)(H,80,102)(H,81,99)(H,82,100)(H,83,103)(H,84,104)(H,85,107)(H,86,108)/t39-,40+,41+,42+,43+,44+,48+,49+,50-,51-,52-,53+,57-,58+,59+,60+,61-,62-,63-/m0/s1. The maximum atomic E-state index is 14.8. The van der Waals surface area contributed by atoms with Gasteiger partial charge >= 0.3 is 5.97 Å². The van der Waals surface area contributed by atoms with Crippen molar-refractivity contribution in [1.29, 1.82) is 0 Å². The van der Waals surface area contributed by atoms with E-state index in [1.807, 2.05) is 0 Å². The molecule has 0 aliphatic carbocycles. The average Bonchev–Trinajstić information content (AvgIpc) is 1.64. The second-order valence-corrected chi connectivity index (χ2v) is 29.6. The molecule has 3 rings (SSSR count). The number of benzene rings is 1. The van der Waals surface area contributed by atoms with Crippen LogP contribution in [-0.4, -0.2) is 275 Å². The number of phenolic OH excluding ortho intramolecular Hbond substituents is 1. The molecule has 22 N–H and O–H groups in total. The Morgan fingerprint density at radius 1 is 0.536 bits per heavy atom. The van der Waals surface area contributed by atoms with Crippen molar-refractivity contribution >= 4 is 88.7 Å². The van der Waals surface area contributed by atoms with E-state index in [0.717, 1.165) is 57.8 Å². The Kier molecular flexibility index (Phi) is 42.1. The number of phenols is 1. The molecule has 1 aromatic carbocycles. The molecule has 0 unspecified atom stereocenters. The highest BCUT2D eigenvalue weighted by molar-refractivity contribution is 6.00. The number of nitrogens with zero attached hydrogens (tertiary/aromatic N) is 2. The number of hydrogen-bond acceptors (Lipinski definition) is 24. The van der Waals surface area contributed by atoms with Crippen molar-refractivity contribution in [2.24, 2.45) is 23.3 Å². The molecule has 0 radical (unpaired) electrons. The van der Waals surface area contributed by atoms with Gasteiger partial charge in [0.05, 0.1) is 68.0 Å². The Morgan fingerprint density at radius 3 is 1.61 bits per heavy atom. The van der Waals surface area contributed by atoms with Crippen LogP contribution < -0.4 is 64.6 Å². The van der Waals surface area contributed by atoms with Crippen LogP contribution in [0.1, 0.15) is 190 Å². The lowest BCUT2D eigenvalue weighted by Gasteiger charge is -2.34. The van der Waals surface area contributed by atoms with E-state index in [1.54, 1.807) is 6.92 Å². The fourth-order valence-corrected chi connectivity index (χ4v) is 12.8. The second kappa shape index (κ2) is 48.7. The smallest absolute Gasteiger partial charge is 0.308 e. The number of carbonyl (C=O) groups excluding carboxylic acids is 15. The largest absolute Gasteiger partial charge is 0.508 e. The van der Waals surface area contributed by atoms with Crippen molar-refractivity contribution in [1.82, 2.24) is 63.0 Å². The molecule has 2 aliphatic heterocycles. The van der Waals surface area contributed by atoms with E-state index >= 15 is 0 Å². The summed E-state index contributed by atoms with van der Waals surface area (Å²) in [5.74, 6) is -16.8. The van der Waals surface area contributed by atoms with Gasteiger partial charge in [0, 0.05) is 39.4 Å². The number of hydrogen-bond donors (Lipinski definition) is 20. The number of nitrogens with two attached hydrogens (primary N) is 2. The SMILES string of the molecule is CCCCCCCCCCCCC[C@H](CC(=O)N[C@@H](C(=O)N[C@H](C)C(=O)N[C@@H](Cc1ccc(O)cc1)C(=O)N[C@H](C(=O)N1C[C@H](O)C[C@H]1C(=O)N[C@@H](C(=O)N[C@H](C(=O)N1CC[C@H](O)[C@H]1C(=O)N[C@H](C(=O)NCC(=O)N[C@@H](C(N)=O)[C@@H](C)O)[C@H](O)CC(N)=O)[C@@H](C)O)[C@@H](C)O)C(C)C)[C@@H](C)O)OC(=O)[C@@H](C)CCCNC(C)=O. The van der Waals surface area contributed by atoms with E-state index in [1.165, 1.54) is 91.0 Å². The first-order chi connectivity index (χ1) is 52.6. The molecule has 112 heavy (non-hydrogen) atoms. The summed E-state index contributed by atoms with van der Waals surface area (Å²) in [6.07, 6.45) is -2.45. The molecule has 0 bridgehead atoms. The fourth-order valence-electron chi connectivity index (χ4n) is 12.8. The molecule has 2 heterocycles. The lowest BCUT2D eigenvalue weighted by molar-refractivity contribution is -0.155. The number of carbonyl (C=O) groups is 15. The number of esters is 1. The van der Waals surface area contributed by atoms with E-state index < -0.39 is 236 Å². The van der Waals surface area contributed by atoms with Crippen LogP contribution in [-0.2, 0) is 83.1 Å². The first kappa shape index (κ1) is 97.0. The predicted octanol–water partition coefficient (Wildman–Crippen LogP) is -4.67. The van der Waals surface area contributed by atoms with Crippen LogP contribution in [0.2, 0.25) is 0 Å². The van der Waals surface area contributed by atoms with Crippen molar-refractivity contribution in [3.05, 3.63) is 29.8 Å². The van der Waals surface area contributed by atoms with Gasteiger partial charge in [-0.3, -0.25) is 71.9 Å². The molecule has 2 aliphatic rings. The molecule has 0 saturated carbocycles.